The molecule has 0 radical (unpaired) electrons. The Morgan fingerprint density at radius 2 is 2.05 bits per heavy atom. The van der Waals surface area contributed by atoms with Gasteiger partial charge in [-0.05, 0) is 18.2 Å². The van der Waals surface area contributed by atoms with Gasteiger partial charge in [-0.2, -0.15) is 21.3 Å². The fraction of sp³-hybridized carbons (Fsp3) is 0.417. The Hall–Kier alpha value is -1.08. The van der Waals surface area contributed by atoms with Crippen LogP contribution < -0.4 is 0 Å². The number of hydrogen-bond acceptors (Lipinski definition) is 6. The van der Waals surface area contributed by atoms with Crippen molar-refractivity contribution in [3.05, 3.63) is 29.8 Å². The second-order valence-electron chi connectivity index (χ2n) is 4.61. The molecule has 1 unspecified atom stereocenters. The zero-order valence-electron chi connectivity index (χ0n) is 11.3. The third-order valence-corrected chi connectivity index (χ3v) is 7.78. The highest BCUT2D eigenvalue weighted by Crippen LogP contribution is 2.27. The van der Waals surface area contributed by atoms with Crippen LogP contribution in [-0.2, 0) is 19.9 Å². The van der Waals surface area contributed by atoms with Crippen molar-refractivity contribution in [2.75, 3.05) is 24.3 Å². The Kier molecular flexibility index (Phi) is 4.63. The van der Waals surface area contributed by atoms with Gasteiger partial charge in [-0.25, -0.2) is 16.8 Å². The molecule has 21 heavy (non-hydrogen) atoms. The zero-order valence-corrected chi connectivity index (χ0v) is 13.7. The molecule has 114 valence electrons. The molecule has 1 fully saturated rings. The van der Waals surface area contributed by atoms with E-state index in [0.717, 1.165) is 10.6 Å². The van der Waals surface area contributed by atoms with Gasteiger partial charge in [0, 0.05) is 24.3 Å². The highest BCUT2D eigenvalue weighted by atomic mass is 32.2. The Labute approximate surface area is 128 Å². The molecule has 1 atom stereocenters. The third-order valence-electron chi connectivity index (χ3n) is 3.10. The summed E-state index contributed by atoms with van der Waals surface area (Å²) in [6.07, 6.45) is 1.04. The van der Waals surface area contributed by atoms with Gasteiger partial charge in [-0.3, -0.25) is 0 Å². The molecule has 2 rings (SSSR count). The molecule has 0 aromatic heterocycles. The van der Waals surface area contributed by atoms with E-state index in [1.54, 1.807) is 0 Å². The van der Waals surface area contributed by atoms with E-state index >= 15 is 0 Å². The Morgan fingerprint density at radius 1 is 1.33 bits per heavy atom. The van der Waals surface area contributed by atoms with Gasteiger partial charge in [0.25, 0.3) is 0 Å². The van der Waals surface area contributed by atoms with Crippen molar-refractivity contribution in [2.45, 2.75) is 10.3 Å². The van der Waals surface area contributed by atoms with Crippen LogP contribution >= 0.6 is 11.8 Å². The molecule has 1 aromatic carbocycles. The summed E-state index contributed by atoms with van der Waals surface area (Å²) in [5.41, 5.74) is 0.221. The van der Waals surface area contributed by atoms with Crippen LogP contribution in [0.1, 0.15) is 5.56 Å². The Morgan fingerprint density at radius 3 is 2.67 bits per heavy atom. The standard InChI is InChI=1S/C12H14N2O4S3/c1-20(15,16)12-9-19-6-5-14(12)21(17,18)11-4-2-3-10(7-11)8-13/h2-4,7,12H,5-6,9H2,1H3. The van der Waals surface area contributed by atoms with Gasteiger partial charge in [-0.15, -0.1) is 0 Å². The maximum Gasteiger partial charge on any atom is 0.244 e. The third kappa shape index (κ3) is 3.40. The van der Waals surface area contributed by atoms with Crippen LogP contribution in [-0.4, -0.2) is 50.8 Å². The van der Waals surface area contributed by atoms with Crippen molar-refractivity contribution in [1.29, 1.82) is 5.26 Å². The van der Waals surface area contributed by atoms with Gasteiger partial charge < -0.3 is 0 Å². The van der Waals surface area contributed by atoms with E-state index in [0.29, 0.717) is 5.75 Å². The smallest absolute Gasteiger partial charge is 0.227 e. The van der Waals surface area contributed by atoms with E-state index < -0.39 is 25.2 Å². The van der Waals surface area contributed by atoms with E-state index in [1.807, 2.05) is 6.07 Å². The molecule has 1 saturated heterocycles. The van der Waals surface area contributed by atoms with Crippen LogP contribution in [0.25, 0.3) is 0 Å². The maximum absolute atomic E-state index is 12.7. The minimum Gasteiger partial charge on any atom is -0.227 e. The van der Waals surface area contributed by atoms with E-state index in [1.165, 1.54) is 36.0 Å². The molecule has 0 aliphatic carbocycles. The molecule has 1 aromatic rings. The highest BCUT2D eigenvalue weighted by Gasteiger charge is 2.39. The first-order valence-electron chi connectivity index (χ1n) is 6.05. The predicted octanol–water partition coefficient (Wildman–Crippen LogP) is 0.666. The van der Waals surface area contributed by atoms with Crippen LogP contribution in [0, 0.1) is 11.3 Å². The fourth-order valence-electron chi connectivity index (χ4n) is 2.04. The van der Waals surface area contributed by atoms with E-state index in [4.69, 9.17) is 5.26 Å². The summed E-state index contributed by atoms with van der Waals surface area (Å²) in [7, 11) is -7.46. The van der Waals surface area contributed by atoms with Crippen LogP contribution in [0.4, 0.5) is 0 Å². The molecule has 0 amide bonds. The molecule has 1 heterocycles. The molecule has 0 saturated carbocycles. The van der Waals surface area contributed by atoms with Gasteiger partial charge in [0.2, 0.25) is 10.0 Å². The Balaban J connectivity index is 2.48. The van der Waals surface area contributed by atoms with Gasteiger partial charge in [0.1, 0.15) is 5.37 Å². The highest BCUT2D eigenvalue weighted by molar-refractivity contribution is 8.01. The van der Waals surface area contributed by atoms with Crippen molar-refractivity contribution >= 4 is 31.6 Å². The first kappa shape index (κ1) is 16.3. The van der Waals surface area contributed by atoms with Gasteiger partial charge in [0.15, 0.2) is 9.84 Å². The number of nitrogens with zero attached hydrogens (tertiary/aromatic N) is 2. The number of sulfonamides is 1. The van der Waals surface area contributed by atoms with E-state index in [9.17, 15) is 16.8 Å². The summed E-state index contributed by atoms with van der Waals surface area (Å²) in [6.45, 7) is 0.140. The summed E-state index contributed by atoms with van der Waals surface area (Å²) >= 11 is 1.41. The van der Waals surface area contributed by atoms with Crippen LogP contribution in [0.2, 0.25) is 0 Å². The number of thioether (sulfide) groups is 1. The van der Waals surface area contributed by atoms with Gasteiger partial charge in [-0.1, -0.05) is 6.07 Å². The van der Waals surface area contributed by atoms with E-state index in [-0.39, 0.29) is 22.8 Å². The molecule has 0 spiro atoms. The lowest BCUT2D eigenvalue weighted by atomic mass is 10.2. The lowest BCUT2D eigenvalue weighted by molar-refractivity contribution is 0.405. The second-order valence-corrected chi connectivity index (χ2v) is 9.86. The monoisotopic (exact) mass is 346 g/mol. The van der Waals surface area contributed by atoms with Gasteiger partial charge in [0.05, 0.1) is 16.5 Å². The number of rotatable bonds is 3. The van der Waals surface area contributed by atoms with Crippen molar-refractivity contribution in [2.24, 2.45) is 0 Å². The summed E-state index contributed by atoms with van der Waals surface area (Å²) in [5.74, 6) is 0.763. The molecule has 1 aliphatic heterocycles. The molecule has 6 nitrogen and oxygen atoms in total. The first-order chi connectivity index (χ1) is 9.76. The quantitative estimate of drug-likeness (QED) is 0.798. The lowest BCUT2D eigenvalue weighted by Crippen LogP contribution is -2.49. The average Bonchev–Trinajstić information content (AvgIpc) is 2.46. The van der Waals surface area contributed by atoms with Crippen molar-refractivity contribution in [3.8, 4) is 6.07 Å². The van der Waals surface area contributed by atoms with Crippen LogP contribution in [0.3, 0.4) is 0 Å². The second kappa shape index (κ2) is 5.96. The molecule has 1 aliphatic rings. The molecular weight excluding hydrogens is 332 g/mol. The normalized spacial score (nSPS) is 20.9. The first-order valence-corrected chi connectivity index (χ1v) is 10.6. The van der Waals surface area contributed by atoms with E-state index in [2.05, 4.69) is 0 Å². The summed E-state index contributed by atoms with van der Waals surface area (Å²) < 4.78 is 50.0. The number of hydrogen-bond donors (Lipinski definition) is 0. The average molecular weight is 346 g/mol. The number of nitriles is 1. The minimum atomic E-state index is -3.94. The number of benzene rings is 1. The van der Waals surface area contributed by atoms with Crippen LogP contribution in [0.15, 0.2) is 29.2 Å². The summed E-state index contributed by atoms with van der Waals surface area (Å²) in [6, 6.07) is 7.48. The fourth-order valence-corrected chi connectivity index (χ4v) is 7.26. The van der Waals surface area contributed by atoms with Crippen molar-refractivity contribution in [3.63, 3.8) is 0 Å². The molecule has 0 bridgehead atoms. The minimum absolute atomic E-state index is 0.0536. The zero-order chi connectivity index (χ0) is 15.7. The maximum atomic E-state index is 12.7. The summed E-state index contributed by atoms with van der Waals surface area (Å²) in [5, 5.41) is 7.80. The summed E-state index contributed by atoms with van der Waals surface area (Å²) in [4.78, 5) is -0.0536. The lowest BCUT2D eigenvalue weighted by Gasteiger charge is -2.32. The molecular formula is C12H14N2O4S3. The number of sulfone groups is 1. The Bertz CT molecular complexity index is 781. The molecule has 0 N–H and O–H groups in total. The molecule has 9 heteroatoms. The largest absolute Gasteiger partial charge is 0.244 e. The topological polar surface area (TPSA) is 95.3 Å². The van der Waals surface area contributed by atoms with Gasteiger partial charge >= 0.3 is 0 Å². The van der Waals surface area contributed by atoms with Crippen molar-refractivity contribution < 1.29 is 16.8 Å². The van der Waals surface area contributed by atoms with Crippen molar-refractivity contribution in [1.82, 2.24) is 4.31 Å². The predicted molar refractivity (Wildman–Crippen MR) is 81.0 cm³/mol. The SMILES string of the molecule is CS(=O)(=O)C1CSCCN1S(=O)(=O)c1cccc(C#N)c1. The van der Waals surface area contributed by atoms with Crippen LogP contribution in [0.5, 0.6) is 0 Å².